The van der Waals surface area contributed by atoms with Gasteiger partial charge >= 0.3 is 0 Å². The van der Waals surface area contributed by atoms with Crippen molar-refractivity contribution in [1.82, 2.24) is 5.32 Å². The fourth-order valence-electron chi connectivity index (χ4n) is 1.32. The van der Waals surface area contributed by atoms with Gasteiger partial charge < -0.3 is 15.7 Å². The van der Waals surface area contributed by atoms with Crippen molar-refractivity contribution in [1.29, 1.82) is 5.26 Å². The summed E-state index contributed by atoms with van der Waals surface area (Å²) in [5, 5.41) is 23.7. The summed E-state index contributed by atoms with van der Waals surface area (Å²) >= 11 is 5.44. The average Bonchev–Trinajstić information content (AvgIpc) is 2.39. The standard InChI is InChI=1S/C13H14ClN3O2/c1-9-2-3-11(12(18)6-9)17-8-10(7-15)13(19)16-5-4-14/h2-3,6,8,17-18H,4-5H2,1H3,(H,16,19)/b10-8-. The van der Waals surface area contributed by atoms with E-state index in [1.54, 1.807) is 24.3 Å². The van der Waals surface area contributed by atoms with Crippen LogP contribution in [0.15, 0.2) is 30.0 Å². The van der Waals surface area contributed by atoms with E-state index in [9.17, 15) is 9.90 Å². The highest BCUT2D eigenvalue weighted by Gasteiger charge is 2.08. The smallest absolute Gasteiger partial charge is 0.263 e. The molecule has 0 heterocycles. The number of rotatable bonds is 5. The summed E-state index contributed by atoms with van der Waals surface area (Å²) in [6.45, 7) is 2.13. The van der Waals surface area contributed by atoms with Crippen LogP contribution in [-0.4, -0.2) is 23.4 Å². The molecule has 3 N–H and O–H groups in total. The van der Waals surface area contributed by atoms with Crippen molar-refractivity contribution >= 4 is 23.2 Å². The number of nitrogens with one attached hydrogen (secondary N) is 2. The number of halogens is 1. The molecule has 0 bridgehead atoms. The normalized spacial score (nSPS) is 10.7. The molecule has 5 nitrogen and oxygen atoms in total. The quantitative estimate of drug-likeness (QED) is 0.332. The molecule has 0 fully saturated rings. The van der Waals surface area contributed by atoms with Gasteiger partial charge in [0.2, 0.25) is 0 Å². The second-order valence-corrected chi connectivity index (χ2v) is 4.16. The van der Waals surface area contributed by atoms with Gasteiger partial charge in [0.1, 0.15) is 17.4 Å². The predicted molar refractivity (Wildman–Crippen MR) is 73.9 cm³/mol. The lowest BCUT2D eigenvalue weighted by molar-refractivity contribution is -0.117. The molecule has 0 spiro atoms. The highest BCUT2D eigenvalue weighted by molar-refractivity contribution is 6.18. The lowest BCUT2D eigenvalue weighted by atomic mass is 10.2. The van der Waals surface area contributed by atoms with E-state index in [-0.39, 0.29) is 23.7 Å². The van der Waals surface area contributed by atoms with Crippen molar-refractivity contribution in [2.75, 3.05) is 17.7 Å². The van der Waals surface area contributed by atoms with Crippen LogP contribution in [0.5, 0.6) is 5.75 Å². The molecule has 6 heteroatoms. The third kappa shape index (κ3) is 4.53. The number of anilines is 1. The van der Waals surface area contributed by atoms with Crippen molar-refractivity contribution < 1.29 is 9.90 Å². The van der Waals surface area contributed by atoms with Gasteiger partial charge in [0.15, 0.2) is 0 Å². The maximum Gasteiger partial charge on any atom is 0.263 e. The average molecular weight is 280 g/mol. The van der Waals surface area contributed by atoms with Crippen LogP contribution >= 0.6 is 11.6 Å². The minimum absolute atomic E-state index is 0.0507. The van der Waals surface area contributed by atoms with Gasteiger partial charge in [0, 0.05) is 18.6 Å². The van der Waals surface area contributed by atoms with Crippen molar-refractivity contribution in [2.45, 2.75) is 6.92 Å². The van der Waals surface area contributed by atoms with Gasteiger partial charge in [-0.3, -0.25) is 4.79 Å². The monoisotopic (exact) mass is 279 g/mol. The zero-order valence-corrected chi connectivity index (χ0v) is 11.2. The SMILES string of the molecule is Cc1ccc(N/C=C(/C#N)C(=O)NCCCl)c(O)c1. The first kappa shape index (κ1) is 14.9. The molecule has 19 heavy (non-hydrogen) atoms. The summed E-state index contributed by atoms with van der Waals surface area (Å²) < 4.78 is 0. The number of hydrogen-bond donors (Lipinski definition) is 3. The molecule has 1 aromatic carbocycles. The number of phenols is 1. The maximum absolute atomic E-state index is 11.5. The topological polar surface area (TPSA) is 85.2 Å². The van der Waals surface area contributed by atoms with E-state index in [1.165, 1.54) is 6.20 Å². The first-order chi connectivity index (χ1) is 9.08. The highest BCUT2D eigenvalue weighted by Crippen LogP contribution is 2.23. The molecule has 1 amide bonds. The summed E-state index contributed by atoms with van der Waals surface area (Å²) in [6, 6.07) is 6.81. The minimum atomic E-state index is -0.512. The van der Waals surface area contributed by atoms with Crippen LogP contribution in [0.25, 0.3) is 0 Å². The summed E-state index contributed by atoms with van der Waals surface area (Å²) in [7, 11) is 0. The number of alkyl halides is 1. The molecule has 100 valence electrons. The van der Waals surface area contributed by atoms with Gasteiger partial charge in [-0.15, -0.1) is 11.6 Å². The fourth-order valence-corrected chi connectivity index (χ4v) is 1.41. The van der Waals surface area contributed by atoms with Crippen molar-refractivity contribution in [3.05, 3.63) is 35.5 Å². The molecule has 0 radical (unpaired) electrons. The lowest BCUT2D eigenvalue weighted by Crippen LogP contribution is -2.26. The molecule has 0 saturated carbocycles. The largest absolute Gasteiger partial charge is 0.506 e. The first-order valence-electron chi connectivity index (χ1n) is 5.59. The van der Waals surface area contributed by atoms with Gasteiger partial charge in [-0.05, 0) is 24.6 Å². The molecular formula is C13H14ClN3O2. The first-order valence-corrected chi connectivity index (χ1v) is 6.12. The fraction of sp³-hybridized carbons (Fsp3) is 0.231. The zero-order chi connectivity index (χ0) is 14.3. The van der Waals surface area contributed by atoms with E-state index >= 15 is 0 Å². The number of nitriles is 1. The number of carbonyl (C=O) groups excluding carboxylic acids is 1. The number of aromatic hydroxyl groups is 1. The van der Waals surface area contributed by atoms with Crippen LogP contribution in [-0.2, 0) is 4.79 Å². The molecule has 1 aromatic rings. The molecule has 0 aliphatic heterocycles. The van der Waals surface area contributed by atoms with E-state index in [2.05, 4.69) is 10.6 Å². The predicted octanol–water partition coefficient (Wildman–Crippen LogP) is 1.87. The number of nitrogens with zero attached hydrogens (tertiary/aromatic N) is 1. The van der Waals surface area contributed by atoms with Crippen molar-refractivity contribution in [3.63, 3.8) is 0 Å². The Morgan fingerprint density at radius 1 is 1.58 bits per heavy atom. The molecule has 1 rings (SSSR count). The van der Waals surface area contributed by atoms with Gasteiger partial charge in [-0.2, -0.15) is 5.26 Å². The number of amides is 1. The molecule has 0 unspecified atom stereocenters. The lowest BCUT2D eigenvalue weighted by Gasteiger charge is -2.06. The Morgan fingerprint density at radius 2 is 2.32 bits per heavy atom. The Kier molecular flexibility index (Phi) is 5.71. The minimum Gasteiger partial charge on any atom is -0.506 e. The molecule has 0 aliphatic rings. The molecule has 0 aromatic heterocycles. The Labute approximate surface area is 116 Å². The van der Waals surface area contributed by atoms with E-state index in [4.69, 9.17) is 16.9 Å². The summed E-state index contributed by atoms with van der Waals surface area (Å²) in [5.74, 6) is -0.187. The van der Waals surface area contributed by atoms with Crippen LogP contribution in [0.4, 0.5) is 5.69 Å². The van der Waals surface area contributed by atoms with Gasteiger partial charge in [0.05, 0.1) is 5.69 Å². The number of hydrogen-bond acceptors (Lipinski definition) is 4. The molecule has 0 aliphatic carbocycles. The van der Waals surface area contributed by atoms with Gasteiger partial charge in [-0.25, -0.2) is 0 Å². The maximum atomic E-state index is 11.5. The molecular weight excluding hydrogens is 266 g/mol. The van der Waals surface area contributed by atoms with Crippen LogP contribution < -0.4 is 10.6 Å². The van der Waals surface area contributed by atoms with E-state index in [1.807, 2.05) is 6.92 Å². The Bertz CT molecular complexity index is 535. The van der Waals surface area contributed by atoms with Crippen LogP contribution in [0.2, 0.25) is 0 Å². The third-order valence-corrected chi connectivity index (χ3v) is 2.46. The Balaban J connectivity index is 2.77. The van der Waals surface area contributed by atoms with Crippen molar-refractivity contribution in [2.24, 2.45) is 0 Å². The second-order valence-electron chi connectivity index (χ2n) is 3.78. The number of aryl methyl sites for hydroxylation is 1. The van der Waals surface area contributed by atoms with E-state index in [0.29, 0.717) is 5.69 Å². The number of carbonyl (C=O) groups is 1. The summed E-state index contributed by atoms with van der Waals surface area (Å²) in [6.07, 6.45) is 1.24. The van der Waals surface area contributed by atoms with Gasteiger partial charge in [0.25, 0.3) is 5.91 Å². The highest BCUT2D eigenvalue weighted by atomic mass is 35.5. The van der Waals surface area contributed by atoms with Crippen LogP contribution in [0.3, 0.4) is 0 Å². The second kappa shape index (κ2) is 7.29. The Hall–Kier alpha value is -2.19. The number of benzene rings is 1. The van der Waals surface area contributed by atoms with Crippen LogP contribution in [0.1, 0.15) is 5.56 Å². The van der Waals surface area contributed by atoms with Crippen molar-refractivity contribution in [3.8, 4) is 11.8 Å². The Morgan fingerprint density at radius 3 is 2.89 bits per heavy atom. The molecule has 0 atom stereocenters. The van der Waals surface area contributed by atoms with E-state index in [0.717, 1.165) is 5.56 Å². The summed E-state index contributed by atoms with van der Waals surface area (Å²) in [4.78, 5) is 11.5. The third-order valence-electron chi connectivity index (χ3n) is 2.27. The molecule has 0 saturated heterocycles. The number of phenolic OH excluding ortho intramolecular Hbond substituents is 1. The summed E-state index contributed by atoms with van der Waals surface area (Å²) in [5.41, 5.74) is 1.24. The van der Waals surface area contributed by atoms with E-state index < -0.39 is 5.91 Å². The van der Waals surface area contributed by atoms with Crippen LogP contribution in [0, 0.1) is 18.3 Å². The zero-order valence-electron chi connectivity index (χ0n) is 10.4. The van der Waals surface area contributed by atoms with Gasteiger partial charge in [-0.1, -0.05) is 6.07 Å².